The molecule has 1 atom stereocenters. The molecular formula is C17H14N4O4. The zero-order valence-corrected chi connectivity index (χ0v) is 13.2. The minimum atomic E-state index is -1.03. The number of nitro benzene ring substituents is 1. The number of benzene rings is 2. The number of hydrogen-bond acceptors (Lipinski definition) is 6. The summed E-state index contributed by atoms with van der Waals surface area (Å²) in [7, 11) is 0. The minimum absolute atomic E-state index is 0.0621. The maximum absolute atomic E-state index is 11.1. The SMILES string of the molecule is C[C@@H](Nc1nc(-c2ccccc2)c2cc([N+](=O)[O-])ccc2n1)C(=O)O. The van der Waals surface area contributed by atoms with E-state index < -0.39 is 16.9 Å². The Kier molecular flexibility index (Phi) is 4.25. The number of nitro groups is 1. The second-order valence-electron chi connectivity index (χ2n) is 5.42. The molecule has 0 saturated heterocycles. The first-order valence-electron chi connectivity index (χ1n) is 7.46. The topological polar surface area (TPSA) is 118 Å². The molecule has 25 heavy (non-hydrogen) atoms. The van der Waals surface area contributed by atoms with E-state index in [1.54, 1.807) is 0 Å². The molecule has 0 aliphatic carbocycles. The van der Waals surface area contributed by atoms with Crippen molar-refractivity contribution in [1.82, 2.24) is 9.97 Å². The molecule has 2 aromatic carbocycles. The van der Waals surface area contributed by atoms with Gasteiger partial charge in [0.2, 0.25) is 5.95 Å². The van der Waals surface area contributed by atoms with Gasteiger partial charge >= 0.3 is 5.97 Å². The van der Waals surface area contributed by atoms with Crippen molar-refractivity contribution in [1.29, 1.82) is 0 Å². The van der Waals surface area contributed by atoms with Crippen LogP contribution in [0.4, 0.5) is 11.6 Å². The van der Waals surface area contributed by atoms with E-state index in [9.17, 15) is 14.9 Å². The van der Waals surface area contributed by atoms with Gasteiger partial charge < -0.3 is 10.4 Å². The lowest BCUT2D eigenvalue weighted by Gasteiger charge is -2.12. The third-order valence-corrected chi connectivity index (χ3v) is 3.65. The van der Waals surface area contributed by atoms with Crippen molar-refractivity contribution < 1.29 is 14.8 Å². The fourth-order valence-corrected chi connectivity index (χ4v) is 2.37. The lowest BCUT2D eigenvalue weighted by atomic mass is 10.1. The molecule has 0 fully saturated rings. The molecular weight excluding hydrogens is 324 g/mol. The van der Waals surface area contributed by atoms with Gasteiger partial charge in [0.15, 0.2) is 0 Å². The fraction of sp³-hybridized carbons (Fsp3) is 0.118. The summed E-state index contributed by atoms with van der Waals surface area (Å²) in [5.74, 6) is -0.885. The summed E-state index contributed by atoms with van der Waals surface area (Å²) in [6, 6.07) is 12.6. The van der Waals surface area contributed by atoms with E-state index in [1.807, 2.05) is 30.3 Å². The number of carboxylic acid groups (broad SMARTS) is 1. The number of nitrogens with one attached hydrogen (secondary N) is 1. The number of nitrogens with zero attached hydrogens (tertiary/aromatic N) is 3. The van der Waals surface area contributed by atoms with Crippen molar-refractivity contribution in [2.24, 2.45) is 0 Å². The first-order valence-corrected chi connectivity index (χ1v) is 7.46. The van der Waals surface area contributed by atoms with E-state index in [1.165, 1.54) is 25.1 Å². The summed E-state index contributed by atoms with van der Waals surface area (Å²) in [4.78, 5) is 30.3. The van der Waals surface area contributed by atoms with Crippen LogP contribution < -0.4 is 5.32 Å². The molecule has 3 aromatic rings. The zero-order chi connectivity index (χ0) is 18.0. The third-order valence-electron chi connectivity index (χ3n) is 3.65. The predicted molar refractivity (Wildman–Crippen MR) is 92.3 cm³/mol. The van der Waals surface area contributed by atoms with Gasteiger partial charge in [-0.25, -0.2) is 9.97 Å². The molecule has 0 bridgehead atoms. The second kappa shape index (κ2) is 6.52. The van der Waals surface area contributed by atoms with Crippen LogP contribution in [0.25, 0.3) is 22.2 Å². The molecule has 1 heterocycles. The quantitative estimate of drug-likeness (QED) is 0.542. The number of carbonyl (C=O) groups is 1. The van der Waals surface area contributed by atoms with Gasteiger partial charge in [0.05, 0.1) is 16.1 Å². The van der Waals surface area contributed by atoms with Crippen LogP contribution in [-0.4, -0.2) is 32.0 Å². The lowest BCUT2D eigenvalue weighted by Crippen LogP contribution is -2.26. The Hall–Kier alpha value is -3.55. The molecule has 3 rings (SSSR count). The van der Waals surface area contributed by atoms with Gasteiger partial charge in [-0.05, 0) is 13.0 Å². The summed E-state index contributed by atoms with van der Waals surface area (Å²) in [6.45, 7) is 1.48. The normalized spacial score (nSPS) is 11.9. The van der Waals surface area contributed by atoms with Crippen LogP contribution >= 0.6 is 0 Å². The van der Waals surface area contributed by atoms with Gasteiger partial charge in [-0.15, -0.1) is 0 Å². The highest BCUT2D eigenvalue weighted by Gasteiger charge is 2.17. The van der Waals surface area contributed by atoms with Crippen LogP contribution in [0.15, 0.2) is 48.5 Å². The highest BCUT2D eigenvalue weighted by atomic mass is 16.6. The van der Waals surface area contributed by atoms with Crippen molar-refractivity contribution in [3.05, 3.63) is 58.6 Å². The zero-order valence-electron chi connectivity index (χ0n) is 13.2. The molecule has 8 heteroatoms. The summed E-state index contributed by atoms with van der Waals surface area (Å²) < 4.78 is 0. The first-order chi connectivity index (χ1) is 12.0. The van der Waals surface area contributed by atoms with E-state index in [0.717, 1.165) is 5.56 Å². The molecule has 0 amide bonds. The molecule has 0 saturated carbocycles. The molecule has 0 radical (unpaired) electrons. The number of aromatic nitrogens is 2. The summed E-state index contributed by atoms with van der Waals surface area (Å²) >= 11 is 0. The van der Waals surface area contributed by atoms with Crippen LogP contribution in [0.3, 0.4) is 0 Å². The number of non-ortho nitro benzene ring substituents is 1. The maximum Gasteiger partial charge on any atom is 0.325 e. The smallest absolute Gasteiger partial charge is 0.325 e. The van der Waals surface area contributed by atoms with Crippen LogP contribution in [0.1, 0.15) is 6.92 Å². The Morgan fingerprint density at radius 2 is 1.92 bits per heavy atom. The van der Waals surface area contributed by atoms with Gasteiger partial charge in [-0.3, -0.25) is 14.9 Å². The van der Waals surface area contributed by atoms with Gasteiger partial charge in [-0.1, -0.05) is 30.3 Å². The molecule has 0 spiro atoms. The van der Waals surface area contributed by atoms with E-state index in [0.29, 0.717) is 16.6 Å². The fourth-order valence-electron chi connectivity index (χ4n) is 2.37. The average molecular weight is 338 g/mol. The van der Waals surface area contributed by atoms with E-state index >= 15 is 0 Å². The Bertz CT molecular complexity index is 960. The van der Waals surface area contributed by atoms with Crippen LogP contribution in [-0.2, 0) is 4.79 Å². The van der Waals surface area contributed by atoms with Crippen LogP contribution in [0.2, 0.25) is 0 Å². The molecule has 0 aliphatic heterocycles. The van der Waals surface area contributed by atoms with Gasteiger partial charge in [-0.2, -0.15) is 0 Å². The maximum atomic E-state index is 11.1. The molecule has 126 valence electrons. The van der Waals surface area contributed by atoms with Crippen molar-refractivity contribution in [2.45, 2.75) is 13.0 Å². The van der Waals surface area contributed by atoms with Gasteiger partial charge in [0, 0.05) is 23.1 Å². The van der Waals surface area contributed by atoms with Crippen LogP contribution in [0.5, 0.6) is 0 Å². The second-order valence-corrected chi connectivity index (χ2v) is 5.42. The molecule has 0 unspecified atom stereocenters. The summed E-state index contributed by atoms with van der Waals surface area (Å²) in [6.07, 6.45) is 0. The molecule has 0 aliphatic rings. The van der Waals surface area contributed by atoms with Gasteiger partial charge in [0.1, 0.15) is 6.04 Å². The minimum Gasteiger partial charge on any atom is -0.480 e. The largest absolute Gasteiger partial charge is 0.480 e. The van der Waals surface area contributed by atoms with Crippen molar-refractivity contribution in [2.75, 3.05) is 5.32 Å². The number of carboxylic acids is 1. The highest BCUT2D eigenvalue weighted by Crippen LogP contribution is 2.30. The Morgan fingerprint density at radius 3 is 2.56 bits per heavy atom. The van der Waals surface area contributed by atoms with Gasteiger partial charge in [0.25, 0.3) is 5.69 Å². The summed E-state index contributed by atoms with van der Waals surface area (Å²) in [5.41, 5.74) is 1.67. The summed E-state index contributed by atoms with van der Waals surface area (Å²) in [5, 5.41) is 23.4. The average Bonchev–Trinajstić information content (AvgIpc) is 2.61. The predicted octanol–water partition coefficient (Wildman–Crippen LogP) is 3.09. The monoisotopic (exact) mass is 338 g/mol. The van der Waals surface area contributed by atoms with Crippen molar-refractivity contribution >= 4 is 28.5 Å². The molecule has 1 aromatic heterocycles. The first kappa shape index (κ1) is 16.3. The number of aliphatic carboxylic acids is 1. The van der Waals surface area contributed by atoms with Crippen molar-refractivity contribution in [3.8, 4) is 11.3 Å². The number of fused-ring (bicyclic) bond motifs is 1. The lowest BCUT2D eigenvalue weighted by molar-refractivity contribution is -0.384. The number of rotatable bonds is 5. The van der Waals surface area contributed by atoms with E-state index in [2.05, 4.69) is 15.3 Å². The third kappa shape index (κ3) is 3.37. The van der Waals surface area contributed by atoms with Crippen molar-refractivity contribution in [3.63, 3.8) is 0 Å². The standard InChI is InChI=1S/C17H14N4O4/c1-10(16(22)23)18-17-19-14-8-7-12(21(24)25)9-13(14)15(20-17)11-5-3-2-4-6-11/h2-10H,1H3,(H,22,23)(H,18,19,20)/t10-/m1/s1. The Balaban J connectivity index is 2.21. The number of anilines is 1. The van der Waals surface area contributed by atoms with E-state index in [4.69, 9.17) is 5.11 Å². The Labute approximate surface area is 142 Å². The van der Waals surface area contributed by atoms with Crippen LogP contribution in [0, 0.1) is 10.1 Å². The molecule has 2 N–H and O–H groups in total. The molecule has 8 nitrogen and oxygen atoms in total. The highest BCUT2D eigenvalue weighted by molar-refractivity contribution is 5.94. The number of hydrogen-bond donors (Lipinski definition) is 2. The van der Waals surface area contributed by atoms with E-state index in [-0.39, 0.29) is 11.6 Å². The Morgan fingerprint density at radius 1 is 1.20 bits per heavy atom.